The molecule has 2 aliphatic carbocycles. The van der Waals surface area contributed by atoms with E-state index in [-0.39, 0.29) is 5.92 Å². The molecular weight excluding hydrogens is 821 g/mol. The second kappa shape index (κ2) is 16.8. The largest absolute Gasteiger partial charge is 0.311 e. The van der Waals surface area contributed by atoms with E-state index in [2.05, 4.69) is 264 Å². The van der Waals surface area contributed by atoms with Crippen LogP contribution in [-0.4, -0.2) is 4.57 Å². The maximum absolute atomic E-state index is 2.45. The van der Waals surface area contributed by atoms with E-state index in [0.717, 1.165) is 29.9 Å². The maximum atomic E-state index is 2.45. The van der Waals surface area contributed by atoms with Crippen molar-refractivity contribution in [2.24, 2.45) is 0 Å². The number of benzene rings is 10. The highest BCUT2D eigenvalue weighted by molar-refractivity contribution is 6.25. The Kier molecular flexibility index (Phi) is 9.83. The highest BCUT2D eigenvalue weighted by Crippen LogP contribution is 2.44. The smallest absolute Gasteiger partial charge is 0.0547 e. The number of fused-ring (bicyclic) bond motifs is 8. The molecule has 0 bridgehead atoms. The molecule has 0 radical (unpaired) electrons. The van der Waals surface area contributed by atoms with Gasteiger partial charge in [-0.1, -0.05) is 200 Å². The molecule has 1 aromatic heterocycles. The molecular formula is C66H48N2. The Balaban J connectivity index is 0.920. The van der Waals surface area contributed by atoms with Gasteiger partial charge in [-0.2, -0.15) is 0 Å². The lowest BCUT2D eigenvalue weighted by molar-refractivity contribution is 0.841. The Hall–Kier alpha value is -8.46. The van der Waals surface area contributed by atoms with Crippen molar-refractivity contribution < 1.29 is 0 Å². The van der Waals surface area contributed by atoms with Crippen LogP contribution in [0, 0.1) is 0 Å². The first-order valence-corrected chi connectivity index (χ1v) is 24.0. The van der Waals surface area contributed by atoms with Crippen molar-refractivity contribution in [1.82, 2.24) is 4.57 Å². The minimum atomic E-state index is 0.279. The Labute approximate surface area is 397 Å². The van der Waals surface area contributed by atoms with Gasteiger partial charge < -0.3 is 9.47 Å². The van der Waals surface area contributed by atoms with Gasteiger partial charge in [0.25, 0.3) is 0 Å². The zero-order valence-electron chi connectivity index (χ0n) is 37.7. The van der Waals surface area contributed by atoms with Crippen molar-refractivity contribution in [2.75, 3.05) is 4.90 Å². The summed E-state index contributed by atoms with van der Waals surface area (Å²) in [6.45, 7) is 0. The molecule has 0 spiro atoms. The van der Waals surface area contributed by atoms with Crippen LogP contribution >= 0.6 is 0 Å². The SMILES string of the molecule is C1=CCC(c2cccc(-c3ccc(N(C4=CCC(c5ccc6c(ccc7ccccc76)c5)C=C4)c4cccc(-c5cccc6c5c5c7ccccc7ccc5n6-c5ccccc5)c4)cc3)c2)C=C1. The molecule has 0 N–H and O–H groups in total. The Bertz CT molecular complexity index is 3860. The number of anilines is 2. The summed E-state index contributed by atoms with van der Waals surface area (Å²) >= 11 is 0. The maximum Gasteiger partial charge on any atom is 0.0547 e. The fourth-order valence-electron chi connectivity index (χ4n) is 11.0. The molecule has 0 saturated heterocycles. The van der Waals surface area contributed by atoms with E-state index >= 15 is 0 Å². The lowest BCUT2D eigenvalue weighted by Crippen LogP contribution is -2.17. The molecule has 2 nitrogen and oxygen atoms in total. The fourth-order valence-corrected chi connectivity index (χ4v) is 11.0. The lowest BCUT2D eigenvalue weighted by Gasteiger charge is -2.30. The molecule has 322 valence electrons. The molecule has 0 aliphatic heterocycles. The average Bonchev–Trinajstić information content (AvgIpc) is 3.77. The monoisotopic (exact) mass is 868 g/mol. The van der Waals surface area contributed by atoms with E-state index in [1.54, 1.807) is 0 Å². The summed E-state index contributed by atoms with van der Waals surface area (Å²) in [5.74, 6) is 0.686. The van der Waals surface area contributed by atoms with Gasteiger partial charge in [-0.3, -0.25) is 0 Å². The normalized spacial score (nSPS) is 15.7. The van der Waals surface area contributed by atoms with Crippen LogP contribution in [0.2, 0.25) is 0 Å². The molecule has 2 heteroatoms. The summed E-state index contributed by atoms with van der Waals surface area (Å²) in [7, 11) is 0. The van der Waals surface area contributed by atoms with Gasteiger partial charge in [0, 0.05) is 45.4 Å². The molecule has 0 saturated carbocycles. The first-order chi connectivity index (χ1) is 33.7. The summed E-state index contributed by atoms with van der Waals surface area (Å²) in [6, 6.07) is 78.6. The van der Waals surface area contributed by atoms with E-state index in [9.17, 15) is 0 Å². The number of rotatable bonds is 8. The van der Waals surface area contributed by atoms with E-state index in [1.807, 2.05) is 0 Å². The second-order valence-electron chi connectivity index (χ2n) is 18.4. The van der Waals surface area contributed by atoms with Crippen LogP contribution in [0.4, 0.5) is 11.4 Å². The third kappa shape index (κ3) is 6.96. The minimum Gasteiger partial charge on any atom is -0.311 e. The number of para-hydroxylation sites is 1. The van der Waals surface area contributed by atoms with Gasteiger partial charge in [-0.05, 0) is 133 Å². The zero-order valence-corrected chi connectivity index (χ0v) is 37.7. The first kappa shape index (κ1) is 39.9. The van der Waals surface area contributed by atoms with Gasteiger partial charge >= 0.3 is 0 Å². The van der Waals surface area contributed by atoms with Crippen molar-refractivity contribution >= 4 is 65.5 Å². The summed E-state index contributed by atoms with van der Waals surface area (Å²) in [6.07, 6.45) is 18.0. The van der Waals surface area contributed by atoms with Crippen molar-refractivity contribution in [3.05, 3.63) is 272 Å². The number of hydrogen-bond acceptors (Lipinski definition) is 1. The molecule has 0 amide bonds. The molecule has 2 atom stereocenters. The molecule has 2 aliphatic rings. The van der Waals surface area contributed by atoms with E-state index in [0.29, 0.717) is 5.92 Å². The highest BCUT2D eigenvalue weighted by Gasteiger charge is 2.22. The number of hydrogen-bond donors (Lipinski definition) is 0. The Morgan fingerprint density at radius 2 is 1.12 bits per heavy atom. The summed E-state index contributed by atoms with van der Waals surface area (Å²) in [5.41, 5.74) is 14.5. The van der Waals surface area contributed by atoms with Crippen LogP contribution in [0.5, 0.6) is 0 Å². The predicted octanol–water partition coefficient (Wildman–Crippen LogP) is 17.9. The van der Waals surface area contributed by atoms with E-state index in [4.69, 9.17) is 0 Å². The highest BCUT2D eigenvalue weighted by atomic mass is 15.1. The fraction of sp³-hybridized carbons (Fsp3) is 0.0606. The molecule has 1 heterocycles. The third-order valence-electron chi connectivity index (χ3n) is 14.4. The second-order valence-corrected chi connectivity index (χ2v) is 18.4. The Morgan fingerprint density at radius 1 is 0.412 bits per heavy atom. The van der Waals surface area contributed by atoms with E-state index < -0.39 is 0 Å². The van der Waals surface area contributed by atoms with Crippen molar-refractivity contribution in [1.29, 1.82) is 0 Å². The van der Waals surface area contributed by atoms with Crippen molar-refractivity contribution in [3.63, 3.8) is 0 Å². The van der Waals surface area contributed by atoms with Crippen molar-refractivity contribution in [3.8, 4) is 27.9 Å². The van der Waals surface area contributed by atoms with Gasteiger partial charge in [-0.25, -0.2) is 0 Å². The Morgan fingerprint density at radius 3 is 1.96 bits per heavy atom. The molecule has 11 aromatic rings. The van der Waals surface area contributed by atoms with Crippen LogP contribution in [0.3, 0.4) is 0 Å². The van der Waals surface area contributed by atoms with Gasteiger partial charge in [-0.15, -0.1) is 0 Å². The quantitative estimate of drug-likeness (QED) is 0.138. The molecule has 13 rings (SSSR count). The first-order valence-electron chi connectivity index (χ1n) is 24.0. The topological polar surface area (TPSA) is 8.17 Å². The third-order valence-corrected chi connectivity index (χ3v) is 14.4. The van der Waals surface area contributed by atoms with Crippen LogP contribution in [0.1, 0.15) is 35.8 Å². The summed E-state index contributed by atoms with van der Waals surface area (Å²) < 4.78 is 2.43. The van der Waals surface area contributed by atoms with E-state index in [1.165, 1.54) is 93.2 Å². The van der Waals surface area contributed by atoms with Crippen LogP contribution in [0.25, 0.3) is 82.1 Å². The molecule has 0 fully saturated rings. The molecule has 10 aromatic carbocycles. The summed E-state index contributed by atoms with van der Waals surface area (Å²) in [5, 5.41) is 10.2. The van der Waals surface area contributed by atoms with Crippen LogP contribution < -0.4 is 4.90 Å². The number of nitrogens with zero attached hydrogens (tertiary/aromatic N) is 2. The van der Waals surface area contributed by atoms with Crippen molar-refractivity contribution in [2.45, 2.75) is 24.7 Å². The molecule has 68 heavy (non-hydrogen) atoms. The number of aromatic nitrogens is 1. The summed E-state index contributed by atoms with van der Waals surface area (Å²) in [4.78, 5) is 2.45. The van der Waals surface area contributed by atoms with Crippen LogP contribution in [0.15, 0.2) is 261 Å². The van der Waals surface area contributed by atoms with Gasteiger partial charge in [0.05, 0.1) is 11.0 Å². The average molecular weight is 869 g/mol. The standard InChI is InChI=1S/C66H48N2/c1-3-14-45(15-4-1)50-18-11-19-51(42-50)46-30-36-56(37-31-46)67(57-38-32-47(33-39-57)52-34-40-60-54(43-52)29-28-48-16-7-9-24-59(48)60)58-23-12-20-53(44-58)62-26-13-27-63-66(62)65-61-25-10-8-17-49(61)35-41-64(65)68(63)55-21-5-2-6-22-55/h1-14,16-32,34-45,47H,15,33H2. The van der Waals surface area contributed by atoms with Gasteiger partial charge in [0.2, 0.25) is 0 Å². The van der Waals surface area contributed by atoms with Gasteiger partial charge in [0.15, 0.2) is 0 Å². The zero-order chi connectivity index (χ0) is 45.0. The van der Waals surface area contributed by atoms with Gasteiger partial charge in [0.1, 0.15) is 0 Å². The molecule has 2 unspecified atom stereocenters. The predicted molar refractivity (Wildman–Crippen MR) is 289 cm³/mol. The minimum absolute atomic E-state index is 0.279. The van der Waals surface area contributed by atoms with Crippen LogP contribution in [-0.2, 0) is 0 Å². The number of allylic oxidation sites excluding steroid dienone is 7. The lowest BCUT2D eigenvalue weighted by atomic mass is 9.89.